The average Bonchev–Trinajstić information content (AvgIpc) is 2.42. The van der Waals surface area contributed by atoms with Gasteiger partial charge < -0.3 is 4.74 Å². The molecule has 0 atom stereocenters. The molecule has 0 radical (unpaired) electrons. The highest BCUT2D eigenvalue weighted by atomic mass is 35.5. The average molecular weight is 289 g/mol. The van der Waals surface area contributed by atoms with Crippen molar-refractivity contribution in [3.8, 4) is 11.6 Å². The Morgan fingerprint density at radius 1 is 1.15 bits per heavy atom. The second-order valence-electron chi connectivity index (χ2n) is 4.32. The van der Waals surface area contributed by atoms with Crippen molar-refractivity contribution in [3.63, 3.8) is 0 Å². The zero-order chi connectivity index (χ0) is 14.1. The van der Waals surface area contributed by atoms with Crippen LogP contribution in [-0.4, -0.2) is 9.97 Å². The predicted molar refractivity (Wildman–Crippen MR) is 75.8 cm³/mol. The molecule has 0 aliphatic heterocycles. The van der Waals surface area contributed by atoms with Crippen molar-refractivity contribution >= 4 is 22.5 Å². The van der Waals surface area contributed by atoms with Gasteiger partial charge in [0.15, 0.2) is 0 Å². The fourth-order valence-electron chi connectivity index (χ4n) is 1.99. The normalized spacial score (nSPS) is 10.8. The molecular formula is C15H10ClFN2O. The lowest BCUT2D eigenvalue weighted by molar-refractivity contribution is 0.466. The van der Waals surface area contributed by atoms with Crippen LogP contribution in [0.25, 0.3) is 10.9 Å². The van der Waals surface area contributed by atoms with Crippen LogP contribution in [0.2, 0.25) is 5.02 Å². The van der Waals surface area contributed by atoms with Crippen molar-refractivity contribution in [2.75, 3.05) is 0 Å². The van der Waals surface area contributed by atoms with Gasteiger partial charge in [-0.15, -0.1) is 0 Å². The summed E-state index contributed by atoms with van der Waals surface area (Å²) >= 11 is 5.96. The second-order valence-corrected chi connectivity index (χ2v) is 4.73. The van der Waals surface area contributed by atoms with Crippen molar-refractivity contribution in [1.82, 2.24) is 9.97 Å². The number of hydrogen-bond donors (Lipinski definition) is 0. The summed E-state index contributed by atoms with van der Waals surface area (Å²) in [5, 5.41) is 1.01. The molecule has 3 rings (SSSR count). The number of halogens is 2. The zero-order valence-corrected chi connectivity index (χ0v) is 11.4. The fraction of sp³-hybridized carbons (Fsp3) is 0.0667. The smallest absolute Gasteiger partial charge is 0.230 e. The first-order valence-electron chi connectivity index (χ1n) is 5.98. The van der Waals surface area contributed by atoms with E-state index in [2.05, 4.69) is 9.97 Å². The van der Waals surface area contributed by atoms with E-state index < -0.39 is 5.82 Å². The molecule has 5 heteroatoms. The lowest BCUT2D eigenvalue weighted by Crippen LogP contribution is -1.93. The number of aryl methyl sites for hydroxylation is 1. The van der Waals surface area contributed by atoms with E-state index in [0.717, 1.165) is 16.5 Å². The topological polar surface area (TPSA) is 35.0 Å². The van der Waals surface area contributed by atoms with Crippen LogP contribution in [0.4, 0.5) is 4.39 Å². The van der Waals surface area contributed by atoms with Gasteiger partial charge in [0.25, 0.3) is 0 Å². The quantitative estimate of drug-likeness (QED) is 0.695. The first kappa shape index (κ1) is 12.8. The molecule has 0 bridgehead atoms. The Balaban J connectivity index is 2.11. The second kappa shape index (κ2) is 5.06. The minimum Gasteiger partial charge on any atom is -0.437 e. The summed E-state index contributed by atoms with van der Waals surface area (Å²) in [4.78, 5) is 8.34. The Morgan fingerprint density at radius 3 is 2.80 bits per heavy atom. The van der Waals surface area contributed by atoms with Crippen molar-refractivity contribution in [1.29, 1.82) is 0 Å². The number of nitrogens with zero attached hydrogens (tertiary/aromatic N) is 2. The maximum atomic E-state index is 13.0. The lowest BCUT2D eigenvalue weighted by atomic mass is 10.1. The van der Waals surface area contributed by atoms with Crippen LogP contribution < -0.4 is 4.74 Å². The highest BCUT2D eigenvalue weighted by molar-refractivity contribution is 6.32. The zero-order valence-electron chi connectivity index (χ0n) is 10.6. The van der Waals surface area contributed by atoms with E-state index in [1.54, 1.807) is 0 Å². The van der Waals surface area contributed by atoms with E-state index in [4.69, 9.17) is 16.3 Å². The Morgan fingerprint density at radius 2 is 2.00 bits per heavy atom. The molecule has 0 amide bonds. The molecule has 100 valence electrons. The Hall–Kier alpha value is -2.20. The largest absolute Gasteiger partial charge is 0.437 e. The van der Waals surface area contributed by atoms with Crippen molar-refractivity contribution in [2.45, 2.75) is 6.92 Å². The summed E-state index contributed by atoms with van der Waals surface area (Å²) in [6, 6.07) is 9.71. The molecule has 3 nitrogen and oxygen atoms in total. The molecule has 0 aliphatic carbocycles. The molecule has 3 aromatic rings. The Kier molecular flexibility index (Phi) is 3.24. The van der Waals surface area contributed by atoms with Gasteiger partial charge in [-0.3, -0.25) is 0 Å². The highest BCUT2D eigenvalue weighted by Gasteiger charge is 2.11. The summed E-state index contributed by atoms with van der Waals surface area (Å²) in [6.45, 7) is 1.95. The molecule has 0 aliphatic rings. The number of fused-ring (bicyclic) bond motifs is 1. The van der Waals surface area contributed by atoms with Gasteiger partial charge in [0.1, 0.15) is 17.9 Å². The summed E-state index contributed by atoms with van der Waals surface area (Å²) < 4.78 is 18.7. The Labute approximate surface area is 120 Å². The number of ether oxygens (including phenoxy) is 1. The first-order chi connectivity index (χ1) is 9.65. The third-order valence-electron chi connectivity index (χ3n) is 2.94. The third-order valence-corrected chi connectivity index (χ3v) is 3.23. The van der Waals surface area contributed by atoms with E-state index in [1.807, 2.05) is 25.1 Å². The molecule has 0 saturated carbocycles. The first-order valence-corrected chi connectivity index (χ1v) is 6.36. The summed E-state index contributed by atoms with van der Waals surface area (Å²) in [7, 11) is 0. The SMILES string of the molecule is Cc1cccc2ncnc(Oc3ccc(F)cc3Cl)c12. The lowest BCUT2D eigenvalue weighted by Gasteiger charge is -2.10. The van der Waals surface area contributed by atoms with Crippen molar-refractivity contribution in [3.05, 3.63) is 59.1 Å². The van der Waals surface area contributed by atoms with Crippen LogP contribution >= 0.6 is 11.6 Å². The minimum atomic E-state index is -0.411. The molecule has 0 spiro atoms. The summed E-state index contributed by atoms with van der Waals surface area (Å²) in [5.74, 6) is 0.351. The molecule has 0 saturated heterocycles. The monoisotopic (exact) mass is 288 g/mol. The molecule has 2 aromatic carbocycles. The van der Waals surface area contributed by atoms with E-state index in [-0.39, 0.29) is 5.02 Å². The van der Waals surface area contributed by atoms with Gasteiger partial charge in [0.05, 0.1) is 15.9 Å². The van der Waals surface area contributed by atoms with Gasteiger partial charge in [-0.2, -0.15) is 0 Å². The molecular weight excluding hydrogens is 279 g/mol. The molecule has 1 aromatic heterocycles. The molecule has 0 N–H and O–H groups in total. The Bertz CT molecular complexity index is 787. The summed E-state index contributed by atoms with van der Waals surface area (Å²) in [6.07, 6.45) is 1.43. The molecule has 0 unspecified atom stereocenters. The maximum absolute atomic E-state index is 13.0. The van der Waals surface area contributed by atoms with Gasteiger partial charge in [0, 0.05) is 0 Å². The van der Waals surface area contributed by atoms with E-state index in [1.165, 1.54) is 24.5 Å². The molecule has 1 heterocycles. The number of benzene rings is 2. The number of aromatic nitrogens is 2. The van der Waals surface area contributed by atoms with Crippen LogP contribution in [0.3, 0.4) is 0 Å². The van der Waals surface area contributed by atoms with Gasteiger partial charge >= 0.3 is 0 Å². The van der Waals surface area contributed by atoms with Gasteiger partial charge in [0.2, 0.25) is 5.88 Å². The van der Waals surface area contributed by atoms with Crippen molar-refractivity contribution in [2.24, 2.45) is 0 Å². The van der Waals surface area contributed by atoms with Crippen LogP contribution in [-0.2, 0) is 0 Å². The minimum absolute atomic E-state index is 0.199. The van der Waals surface area contributed by atoms with Crippen molar-refractivity contribution < 1.29 is 9.13 Å². The summed E-state index contributed by atoms with van der Waals surface area (Å²) in [5.41, 5.74) is 1.78. The van der Waals surface area contributed by atoms with E-state index in [0.29, 0.717) is 11.6 Å². The van der Waals surface area contributed by atoms with Gasteiger partial charge in [-0.25, -0.2) is 14.4 Å². The van der Waals surface area contributed by atoms with Crippen LogP contribution in [0.15, 0.2) is 42.7 Å². The third kappa shape index (κ3) is 2.30. The highest BCUT2D eigenvalue weighted by Crippen LogP contribution is 2.33. The van der Waals surface area contributed by atoms with E-state index >= 15 is 0 Å². The van der Waals surface area contributed by atoms with Gasteiger partial charge in [-0.05, 0) is 36.8 Å². The maximum Gasteiger partial charge on any atom is 0.230 e. The molecule has 20 heavy (non-hydrogen) atoms. The van der Waals surface area contributed by atoms with E-state index in [9.17, 15) is 4.39 Å². The predicted octanol–water partition coefficient (Wildman–Crippen LogP) is 4.52. The van der Waals surface area contributed by atoms with Gasteiger partial charge in [-0.1, -0.05) is 23.7 Å². The van der Waals surface area contributed by atoms with Crippen LogP contribution in [0.1, 0.15) is 5.56 Å². The number of rotatable bonds is 2. The van der Waals surface area contributed by atoms with Crippen LogP contribution in [0, 0.1) is 12.7 Å². The fourth-order valence-corrected chi connectivity index (χ4v) is 2.19. The number of hydrogen-bond acceptors (Lipinski definition) is 3. The standard InChI is InChI=1S/C15H10ClFN2O/c1-9-3-2-4-12-14(9)15(19-8-18-12)20-13-6-5-10(17)7-11(13)16/h2-8H,1H3. The van der Waals surface area contributed by atoms with Crippen LogP contribution in [0.5, 0.6) is 11.6 Å². The molecule has 0 fully saturated rings.